The van der Waals surface area contributed by atoms with E-state index in [1.807, 2.05) is 0 Å². The summed E-state index contributed by atoms with van der Waals surface area (Å²) in [6.07, 6.45) is -12.6. The van der Waals surface area contributed by atoms with Crippen LogP contribution in [0.3, 0.4) is 0 Å². The van der Waals surface area contributed by atoms with E-state index < -0.39 is 41.4 Å². The molecule has 0 aliphatic carbocycles. The van der Waals surface area contributed by atoms with Crippen LogP contribution in [0.5, 0.6) is 0 Å². The summed E-state index contributed by atoms with van der Waals surface area (Å²) >= 11 is 0. The van der Waals surface area contributed by atoms with Gasteiger partial charge in [0.05, 0.1) is 11.5 Å². The first kappa shape index (κ1) is 18.8. The normalized spacial score (nSPS) is 13.6. The van der Waals surface area contributed by atoms with Crippen molar-refractivity contribution in [2.45, 2.75) is 30.6 Å². The van der Waals surface area contributed by atoms with Gasteiger partial charge in [-0.25, -0.2) is 0 Å². The molecule has 0 spiro atoms. The molecule has 1 aromatic carbocycles. The zero-order valence-corrected chi connectivity index (χ0v) is 12.0. The molecule has 10 heteroatoms. The molecule has 0 aliphatic heterocycles. The van der Waals surface area contributed by atoms with Crippen LogP contribution in [0.4, 0.5) is 26.3 Å². The van der Waals surface area contributed by atoms with Gasteiger partial charge in [0.2, 0.25) is 0 Å². The Morgan fingerprint density at radius 1 is 1.00 bits per heavy atom. The van der Waals surface area contributed by atoms with Crippen molar-refractivity contribution in [2.75, 3.05) is 6.61 Å². The SMILES string of the molecule is Cc1ccc(S(=O)(=O)OCCC(C(F)(F)F)C(F)(F)F)cc1. The van der Waals surface area contributed by atoms with Gasteiger partial charge in [0.15, 0.2) is 5.92 Å². The molecule has 0 N–H and O–H groups in total. The number of benzene rings is 1. The molecule has 0 aliphatic rings. The van der Waals surface area contributed by atoms with Crippen molar-refractivity contribution in [1.29, 1.82) is 0 Å². The van der Waals surface area contributed by atoms with Gasteiger partial charge in [-0.2, -0.15) is 34.8 Å². The highest BCUT2D eigenvalue weighted by Crippen LogP contribution is 2.41. The zero-order chi connectivity index (χ0) is 17.2. The molecule has 0 atom stereocenters. The predicted molar refractivity (Wildman–Crippen MR) is 64.5 cm³/mol. The molecular formula is C12H12F6O3S. The van der Waals surface area contributed by atoms with Crippen molar-refractivity contribution >= 4 is 10.1 Å². The Bertz CT molecular complexity index is 575. The number of rotatable bonds is 5. The van der Waals surface area contributed by atoms with Gasteiger partial charge in [-0.05, 0) is 25.5 Å². The van der Waals surface area contributed by atoms with Crippen LogP contribution in [-0.2, 0) is 14.3 Å². The lowest BCUT2D eigenvalue weighted by Crippen LogP contribution is -2.37. The Labute approximate surface area is 123 Å². The van der Waals surface area contributed by atoms with Gasteiger partial charge < -0.3 is 0 Å². The van der Waals surface area contributed by atoms with E-state index >= 15 is 0 Å². The maximum Gasteiger partial charge on any atom is 0.400 e. The van der Waals surface area contributed by atoms with Gasteiger partial charge in [-0.15, -0.1) is 0 Å². The average molecular weight is 350 g/mol. The summed E-state index contributed by atoms with van der Waals surface area (Å²) < 4.78 is 101. The van der Waals surface area contributed by atoms with Gasteiger partial charge in [0.25, 0.3) is 10.1 Å². The predicted octanol–water partition coefficient (Wildman–Crippen LogP) is 3.83. The number of alkyl halides is 6. The molecule has 0 unspecified atom stereocenters. The lowest BCUT2D eigenvalue weighted by molar-refractivity contribution is -0.286. The molecule has 0 bridgehead atoms. The van der Waals surface area contributed by atoms with E-state index in [1.165, 1.54) is 12.1 Å². The van der Waals surface area contributed by atoms with Crippen molar-refractivity contribution in [1.82, 2.24) is 0 Å². The Balaban J connectivity index is 2.75. The van der Waals surface area contributed by atoms with Gasteiger partial charge in [-0.3, -0.25) is 4.18 Å². The highest BCUT2D eigenvalue weighted by atomic mass is 32.2. The van der Waals surface area contributed by atoms with Gasteiger partial charge >= 0.3 is 12.4 Å². The standard InChI is InChI=1S/C12H12F6O3S/c1-8-2-4-9(5-3-8)22(19,20)21-7-6-10(11(13,14)15)12(16,17)18/h2-5,10H,6-7H2,1H3. The van der Waals surface area contributed by atoms with Crippen molar-refractivity contribution in [3.63, 3.8) is 0 Å². The van der Waals surface area contributed by atoms with Gasteiger partial charge in [-0.1, -0.05) is 17.7 Å². The molecule has 0 fully saturated rings. The minimum atomic E-state index is -5.52. The van der Waals surface area contributed by atoms with E-state index in [0.717, 1.165) is 17.7 Å². The average Bonchev–Trinajstić information content (AvgIpc) is 2.32. The van der Waals surface area contributed by atoms with Gasteiger partial charge in [0.1, 0.15) is 0 Å². The first-order chi connectivity index (χ1) is 9.84. The molecule has 126 valence electrons. The summed E-state index contributed by atoms with van der Waals surface area (Å²) in [6.45, 7) is 0.453. The summed E-state index contributed by atoms with van der Waals surface area (Å²) in [5, 5.41) is 0. The van der Waals surface area contributed by atoms with Crippen molar-refractivity contribution < 1.29 is 38.9 Å². The van der Waals surface area contributed by atoms with Gasteiger partial charge in [0, 0.05) is 0 Å². The third kappa shape index (κ3) is 5.16. The fraction of sp³-hybridized carbons (Fsp3) is 0.500. The maximum absolute atomic E-state index is 12.3. The smallest absolute Gasteiger partial charge is 0.266 e. The third-order valence-electron chi connectivity index (χ3n) is 2.74. The molecule has 0 aromatic heterocycles. The lowest BCUT2D eigenvalue weighted by atomic mass is 10.1. The van der Waals surface area contributed by atoms with E-state index in [2.05, 4.69) is 4.18 Å². The molecular weight excluding hydrogens is 338 g/mol. The van der Waals surface area contributed by atoms with Crippen LogP contribution < -0.4 is 0 Å². The highest BCUT2D eigenvalue weighted by molar-refractivity contribution is 7.86. The number of hydrogen-bond donors (Lipinski definition) is 0. The summed E-state index contributed by atoms with van der Waals surface area (Å²) in [5.41, 5.74) is 0.730. The van der Waals surface area contributed by atoms with Crippen LogP contribution in [0, 0.1) is 12.8 Å². The summed E-state index contributed by atoms with van der Waals surface area (Å²) in [4.78, 5) is -0.339. The Morgan fingerprint density at radius 3 is 1.86 bits per heavy atom. The zero-order valence-electron chi connectivity index (χ0n) is 11.2. The summed E-state index contributed by atoms with van der Waals surface area (Å²) in [5.74, 6) is -3.63. The van der Waals surface area contributed by atoms with Crippen LogP contribution in [0.15, 0.2) is 29.2 Å². The van der Waals surface area contributed by atoms with E-state index in [9.17, 15) is 34.8 Å². The van der Waals surface area contributed by atoms with E-state index in [4.69, 9.17) is 0 Å². The van der Waals surface area contributed by atoms with Crippen LogP contribution in [0.1, 0.15) is 12.0 Å². The quantitative estimate of drug-likeness (QED) is 0.599. The number of hydrogen-bond acceptors (Lipinski definition) is 3. The molecule has 1 aromatic rings. The second-order valence-corrected chi connectivity index (χ2v) is 6.13. The molecule has 22 heavy (non-hydrogen) atoms. The second-order valence-electron chi connectivity index (χ2n) is 4.51. The summed E-state index contributed by atoms with van der Waals surface area (Å²) in [6, 6.07) is 5.14. The molecule has 0 radical (unpaired) electrons. The largest absolute Gasteiger partial charge is 0.400 e. The minimum Gasteiger partial charge on any atom is -0.266 e. The molecule has 0 saturated heterocycles. The third-order valence-corrected chi connectivity index (χ3v) is 4.07. The van der Waals surface area contributed by atoms with Crippen LogP contribution in [0.25, 0.3) is 0 Å². The molecule has 0 heterocycles. The molecule has 0 amide bonds. The van der Waals surface area contributed by atoms with Crippen LogP contribution in [0.2, 0.25) is 0 Å². The van der Waals surface area contributed by atoms with Crippen LogP contribution in [-0.4, -0.2) is 27.4 Å². The first-order valence-electron chi connectivity index (χ1n) is 5.93. The molecule has 3 nitrogen and oxygen atoms in total. The van der Waals surface area contributed by atoms with Crippen LogP contribution >= 0.6 is 0 Å². The number of halogens is 6. The van der Waals surface area contributed by atoms with E-state index in [0.29, 0.717) is 0 Å². The highest BCUT2D eigenvalue weighted by Gasteiger charge is 2.56. The Kier molecular flexibility index (Phi) is 5.50. The molecule has 0 saturated carbocycles. The first-order valence-corrected chi connectivity index (χ1v) is 7.34. The fourth-order valence-corrected chi connectivity index (χ4v) is 2.48. The van der Waals surface area contributed by atoms with Crippen molar-refractivity contribution in [2.24, 2.45) is 5.92 Å². The van der Waals surface area contributed by atoms with Crippen molar-refractivity contribution in [3.8, 4) is 0 Å². The summed E-state index contributed by atoms with van der Waals surface area (Å²) in [7, 11) is -4.40. The number of aryl methyl sites for hydroxylation is 1. The van der Waals surface area contributed by atoms with Crippen molar-refractivity contribution in [3.05, 3.63) is 29.8 Å². The Hall–Kier alpha value is -1.29. The fourth-order valence-electron chi connectivity index (χ4n) is 1.56. The monoisotopic (exact) mass is 350 g/mol. The molecule has 1 rings (SSSR count). The lowest BCUT2D eigenvalue weighted by Gasteiger charge is -2.22. The maximum atomic E-state index is 12.3. The second kappa shape index (κ2) is 6.45. The topological polar surface area (TPSA) is 43.4 Å². The van der Waals surface area contributed by atoms with E-state index in [-0.39, 0.29) is 4.90 Å². The Morgan fingerprint density at radius 2 is 1.45 bits per heavy atom. The van der Waals surface area contributed by atoms with E-state index in [1.54, 1.807) is 6.92 Å². The minimum absolute atomic E-state index is 0.339.